The maximum atomic E-state index is 13.2. The van der Waals surface area contributed by atoms with Gasteiger partial charge < -0.3 is 19.5 Å². The molecule has 0 saturated heterocycles. The molecule has 0 saturated carbocycles. The molecule has 1 aliphatic heterocycles. The van der Waals surface area contributed by atoms with E-state index in [1.54, 1.807) is 25.1 Å². The number of esters is 1. The topological polar surface area (TPSA) is 73.9 Å². The Hall–Kier alpha value is -2.81. The molecule has 1 N–H and O–H groups in total. The molecule has 1 unspecified atom stereocenters. The van der Waals surface area contributed by atoms with E-state index in [-0.39, 0.29) is 23.4 Å². The average Bonchev–Trinajstić information content (AvgIpc) is 2.70. The van der Waals surface area contributed by atoms with Gasteiger partial charge in [-0.3, -0.25) is 4.79 Å². The van der Waals surface area contributed by atoms with E-state index in [1.807, 2.05) is 13.8 Å². The lowest BCUT2D eigenvalue weighted by Crippen LogP contribution is -2.38. The van der Waals surface area contributed by atoms with Crippen LogP contribution in [0.15, 0.2) is 40.7 Å². The van der Waals surface area contributed by atoms with Gasteiger partial charge >= 0.3 is 12.1 Å². The van der Waals surface area contributed by atoms with Gasteiger partial charge in [-0.05, 0) is 36.5 Å². The van der Waals surface area contributed by atoms with Crippen LogP contribution in [0.3, 0.4) is 0 Å². The largest absolute Gasteiger partial charge is 0.496 e. The van der Waals surface area contributed by atoms with Crippen LogP contribution in [-0.2, 0) is 25.7 Å². The van der Waals surface area contributed by atoms with Crippen LogP contribution < -0.4 is 10.1 Å². The molecule has 0 radical (unpaired) electrons. The number of ketones is 1. The van der Waals surface area contributed by atoms with Crippen LogP contribution in [0.1, 0.15) is 50.7 Å². The van der Waals surface area contributed by atoms with Gasteiger partial charge in [0.1, 0.15) is 12.4 Å². The third-order valence-electron chi connectivity index (χ3n) is 5.81. The van der Waals surface area contributed by atoms with Crippen LogP contribution in [0.2, 0.25) is 0 Å². The van der Waals surface area contributed by atoms with E-state index in [2.05, 4.69) is 5.32 Å². The third-order valence-corrected chi connectivity index (χ3v) is 5.81. The first-order chi connectivity index (χ1) is 15.4. The Bertz CT molecular complexity index is 1020. The number of halogens is 3. The second-order valence-corrected chi connectivity index (χ2v) is 9.10. The first-order valence-electron chi connectivity index (χ1n) is 10.5. The second kappa shape index (κ2) is 9.21. The number of nitrogens with one attached hydrogen (secondary N) is 1. The maximum absolute atomic E-state index is 13.2. The van der Waals surface area contributed by atoms with Crippen molar-refractivity contribution in [2.24, 2.45) is 5.41 Å². The number of hydrogen-bond acceptors (Lipinski definition) is 6. The summed E-state index contributed by atoms with van der Waals surface area (Å²) < 4.78 is 52.8. The first kappa shape index (κ1) is 24.8. The van der Waals surface area contributed by atoms with Crippen molar-refractivity contribution in [2.75, 3.05) is 20.8 Å². The van der Waals surface area contributed by atoms with Crippen molar-refractivity contribution >= 4 is 11.8 Å². The van der Waals surface area contributed by atoms with E-state index < -0.39 is 24.7 Å². The summed E-state index contributed by atoms with van der Waals surface area (Å²) in [5.74, 6) is -1.04. The number of Topliss-reactive ketones (excluding diaryl/α,β-unsaturated/α-hetero) is 1. The van der Waals surface area contributed by atoms with Gasteiger partial charge in [0.05, 0.1) is 26.4 Å². The average molecular weight is 467 g/mol. The number of carbonyl (C=O) groups is 2. The first-order valence-corrected chi connectivity index (χ1v) is 10.5. The molecule has 1 aromatic carbocycles. The minimum absolute atomic E-state index is 0.0849. The lowest BCUT2D eigenvalue weighted by Gasteiger charge is -2.39. The molecule has 9 heteroatoms. The number of hydrogen-bond donors (Lipinski definition) is 1. The molecule has 1 aromatic rings. The maximum Gasteiger partial charge on any atom is 0.411 e. The molecule has 2 aliphatic rings. The van der Waals surface area contributed by atoms with Gasteiger partial charge in [-0.15, -0.1) is 0 Å². The fraction of sp³-hybridized carbons (Fsp3) is 0.500. The van der Waals surface area contributed by atoms with Crippen molar-refractivity contribution in [3.63, 3.8) is 0 Å². The van der Waals surface area contributed by atoms with E-state index in [0.29, 0.717) is 41.0 Å². The fourth-order valence-electron chi connectivity index (χ4n) is 4.52. The SMILES string of the molecule is COC(=O)C1=C(C)NC2=C(C(=O)CC(C)(C)C2)C1c1ccc(OC)c(COCC(F)(F)F)c1. The minimum Gasteiger partial charge on any atom is -0.496 e. The molecular weight excluding hydrogens is 439 g/mol. The highest BCUT2D eigenvalue weighted by atomic mass is 19.4. The standard InChI is InChI=1S/C24H28F3NO5/c1-13-19(22(30)32-5)20(21-16(28-13)9-23(2,3)10-17(21)29)14-6-7-18(31-4)15(8-14)11-33-12-24(25,26)27/h6-8,20,28H,9-12H2,1-5H3. The molecule has 33 heavy (non-hydrogen) atoms. The molecule has 0 bridgehead atoms. The zero-order valence-corrected chi connectivity index (χ0v) is 19.3. The van der Waals surface area contributed by atoms with Crippen molar-refractivity contribution in [3.05, 3.63) is 51.9 Å². The summed E-state index contributed by atoms with van der Waals surface area (Å²) in [5.41, 5.74) is 2.80. The summed E-state index contributed by atoms with van der Waals surface area (Å²) in [5, 5.41) is 3.22. The number of alkyl halides is 3. The van der Waals surface area contributed by atoms with Gasteiger partial charge in [0, 0.05) is 34.9 Å². The molecule has 1 heterocycles. The van der Waals surface area contributed by atoms with Gasteiger partial charge in [-0.2, -0.15) is 13.2 Å². The van der Waals surface area contributed by atoms with E-state index >= 15 is 0 Å². The molecule has 1 aliphatic carbocycles. The summed E-state index contributed by atoms with van der Waals surface area (Å²) in [6.45, 7) is 4.01. The molecule has 0 amide bonds. The van der Waals surface area contributed by atoms with Gasteiger partial charge in [-0.1, -0.05) is 19.9 Å². The van der Waals surface area contributed by atoms with Crippen LogP contribution >= 0.6 is 0 Å². The van der Waals surface area contributed by atoms with E-state index in [4.69, 9.17) is 14.2 Å². The van der Waals surface area contributed by atoms with Gasteiger partial charge in [0.15, 0.2) is 5.78 Å². The highest BCUT2D eigenvalue weighted by Crippen LogP contribution is 2.47. The monoisotopic (exact) mass is 467 g/mol. The Balaban J connectivity index is 2.10. The van der Waals surface area contributed by atoms with Gasteiger partial charge in [-0.25, -0.2) is 4.79 Å². The molecule has 180 valence electrons. The Labute approximate surface area is 190 Å². The van der Waals surface area contributed by atoms with Crippen molar-refractivity contribution in [2.45, 2.75) is 52.3 Å². The van der Waals surface area contributed by atoms with E-state index in [1.165, 1.54) is 14.2 Å². The van der Waals surface area contributed by atoms with Crippen molar-refractivity contribution in [1.29, 1.82) is 0 Å². The summed E-state index contributed by atoms with van der Waals surface area (Å²) in [7, 11) is 2.67. The molecule has 1 atom stereocenters. The zero-order chi connectivity index (χ0) is 24.6. The van der Waals surface area contributed by atoms with Gasteiger partial charge in [0.2, 0.25) is 0 Å². The normalized spacial score (nSPS) is 20.4. The minimum atomic E-state index is -4.46. The summed E-state index contributed by atoms with van der Waals surface area (Å²) in [4.78, 5) is 26.0. The number of carbonyl (C=O) groups excluding carboxylic acids is 2. The highest BCUT2D eigenvalue weighted by Gasteiger charge is 2.43. The Morgan fingerprint density at radius 2 is 1.91 bits per heavy atom. The lowest BCUT2D eigenvalue weighted by atomic mass is 9.68. The third kappa shape index (κ3) is 5.40. The van der Waals surface area contributed by atoms with Crippen LogP contribution in [0.25, 0.3) is 0 Å². The zero-order valence-electron chi connectivity index (χ0n) is 19.3. The number of ether oxygens (including phenoxy) is 3. The van der Waals surface area contributed by atoms with E-state index in [9.17, 15) is 22.8 Å². The fourth-order valence-corrected chi connectivity index (χ4v) is 4.52. The number of benzene rings is 1. The predicted octanol–water partition coefficient (Wildman–Crippen LogP) is 4.55. The summed E-state index contributed by atoms with van der Waals surface area (Å²) >= 11 is 0. The van der Waals surface area contributed by atoms with Crippen molar-refractivity contribution < 1.29 is 37.0 Å². The van der Waals surface area contributed by atoms with Crippen molar-refractivity contribution in [3.8, 4) is 5.75 Å². The molecule has 6 nitrogen and oxygen atoms in total. The number of dihydropyridines is 1. The number of rotatable bonds is 6. The summed E-state index contributed by atoms with van der Waals surface area (Å²) in [6.07, 6.45) is -3.53. The Morgan fingerprint density at radius 3 is 2.52 bits per heavy atom. The molecule has 3 rings (SSSR count). The van der Waals surface area contributed by atoms with Crippen LogP contribution in [0.5, 0.6) is 5.75 Å². The van der Waals surface area contributed by atoms with Crippen molar-refractivity contribution in [1.82, 2.24) is 5.32 Å². The Morgan fingerprint density at radius 1 is 1.21 bits per heavy atom. The van der Waals surface area contributed by atoms with Crippen LogP contribution in [-0.4, -0.2) is 38.8 Å². The number of allylic oxidation sites excluding steroid dienone is 3. The molecule has 0 fully saturated rings. The smallest absolute Gasteiger partial charge is 0.411 e. The highest BCUT2D eigenvalue weighted by molar-refractivity contribution is 6.04. The Kier molecular flexibility index (Phi) is 6.93. The lowest BCUT2D eigenvalue weighted by molar-refractivity contribution is -0.176. The molecule has 0 spiro atoms. The summed E-state index contributed by atoms with van der Waals surface area (Å²) in [6, 6.07) is 4.93. The molecule has 0 aromatic heterocycles. The quantitative estimate of drug-likeness (QED) is 0.619. The second-order valence-electron chi connectivity index (χ2n) is 9.10. The molecular formula is C24H28F3NO5. The van der Waals surface area contributed by atoms with E-state index in [0.717, 1.165) is 5.70 Å². The number of methoxy groups -OCH3 is 2. The van der Waals surface area contributed by atoms with Crippen LogP contribution in [0, 0.1) is 5.41 Å². The predicted molar refractivity (Wildman–Crippen MR) is 114 cm³/mol. The van der Waals surface area contributed by atoms with Crippen LogP contribution in [0.4, 0.5) is 13.2 Å². The van der Waals surface area contributed by atoms with Gasteiger partial charge in [0.25, 0.3) is 0 Å².